The van der Waals surface area contributed by atoms with Gasteiger partial charge in [0.15, 0.2) is 9.84 Å². The first-order valence-electron chi connectivity index (χ1n) is 3.24. The highest BCUT2D eigenvalue weighted by atomic mass is 28.2. The lowest BCUT2D eigenvalue weighted by molar-refractivity contribution is 0.231. The Morgan fingerprint density at radius 1 is 1.62 bits per heavy atom. The molecular weight excluding hydrogens is 116 g/mol. The Balaban J connectivity index is 1.98. The molecule has 0 radical (unpaired) electrons. The van der Waals surface area contributed by atoms with Crippen molar-refractivity contribution in [1.82, 2.24) is 9.13 Å². The standard InChI is InChI=1S/C5H14N2Si/c1-3-4-7-5-6(2)8-7/h3-5,8H2,1-2H3. The minimum Gasteiger partial charge on any atom is -0.307 e. The number of rotatable bonds is 2. The van der Waals surface area contributed by atoms with Gasteiger partial charge in [0.05, 0.1) is 0 Å². The summed E-state index contributed by atoms with van der Waals surface area (Å²) in [5.74, 6) is 0. The molecule has 8 heavy (non-hydrogen) atoms. The van der Waals surface area contributed by atoms with Crippen LogP contribution < -0.4 is 0 Å². The molecule has 0 aromatic rings. The predicted octanol–water partition coefficient (Wildman–Crippen LogP) is -0.400. The number of nitrogens with zero attached hydrogens (tertiary/aromatic N) is 2. The third-order valence-electron chi connectivity index (χ3n) is 1.42. The van der Waals surface area contributed by atoms with Crippen LogP contribution in [-0.2, 0) is 0 Å². The average Bonchev–Trinajstić information content (AvgIpc) is 1.64. The van der Waals surface area contributed by atoms with E-state index in [0.717, 1.165) is 0 Å². The first kappa shape index (κ1) is 6.26. The second kappa shape index (κ2) is 2.62. The highest BCUT2D eigenvalue weighted by Crippen LogP contribution is 2.01. The Labute approximate surface area is 53.4 Å². The lowest BCUT2D eigenvalue weighted by Crippen LogP contribution is -2.56. The SMILES string of the molecule is CCCN1CN(C)[SiH2]1. The maximum atomic E-state index is 2.57. The van der Waals surface area contributed by atoms with Crippen molar-refractivity contribution in [2.75, 3.05) is 20.3 Å². The summed E-state index contributed by atoms with van der Waals surface area (Å²) >= 11 is 0. The Morgan fingerprint density at radius 2 is 2.25 bits per heavy atom. The summed E-state index contributed by atoms with van der Waals surface area (Å²) in [4.78, 5) is 0. The molecule has 0 aliphatic carbocycles. The zero-order valence-corrected chi connectivity index (χ0v) is 7.14. The molecule has 0 bridgehead atoms. The van der Waals surface area contributed by atoms with Gasteiger partial charge in [-0.25, -0.2) is 0 Å². The second-order valence-corrected chi connectivity index (χ2v) is 4.79. The van der Waals surface area contributed by atoms with Gasteiger partial charge in [0.2, 0.25) is 0 Å². The van der Waals surface area contributed by atoms with Gasteiger partial charge in [-0.2, -0.15) is 0 Å². The number of hydrogen-bond donors (Lipinski definition) is 0. The summed E-state index contributed by atoms with van der Waals surface area (Å²) in [5.41, 5.74) is 0. The van der Waals surface area contributed by atoms with E-state index in [4.69, 9.17) is 0 Å². The minimum absolute atomic E-state index is 0.0990. The summed E-state index contributed by atoms with van der Waals surface area (Å²) in [6, 6.07) is 0. The van der Waals surface area contributed by atoms with Crippen LogP contribution in [0.4, 0.5) is 0 Å². The summed E-state index contributed by atoms with van der Waals surface area (Å²) in [6.07, 6.45) is 1.32. The van der Waals surface area contributed by atoms with Crippen LogP contribution in [0.15, 0.2) is 0 Å². The quantitative estimate of drug-likeness (QED) is 0.469. The van der Waals surface area contributed by atoms with E-state index in [2.05, 4.69) is 23.1 Å². The maximum Gasteiger partial charge on any atom is 0.174 e. The smallest absolute Gasteiger partial charge is 0.174 e. The molecule has 0 aromatic carbocycles. The van der Waals surface area contributed by atoms with Crippen LogP contribution in [0.2, 0.25) is 0 Å². The van der Waals surface area contributed by atoms with E-state index in [1.807, 2.05) is 0 Å². The van der Waals surface area contributed by atoms with Crippen molar-refractivity contribution in [3.05, 3.63) is 0 Å². The van der Waals surface area contributed by atoms with E-state index in [0.29, 0.717) is 0 Å². The third kappa shape index (κ3) is 1.31. The van der Waals surface area contributed by atoms with Crippen LogP contribution in [0.1, 0.15) is 13.3 Å². The van der Waals surface area contributed by atoms with Gasteiger partial charge in [-0.05, 0) is 20.0 Å². The molecule has 48 valence electrons. The minimum atomic E-state index is 0.0990. The molecule has 3 heteroatoms. The Hall–Kier alpha value is 0.137. The van der Waals surface area contributed by atoms with Crippen molar-refractivity contribution in [2.24, 2.45) is 0 Å². The monoisotopic (exact) mass is 130 g/mol. The molecule has 0 atom stereocenters. The van der Waals surface area contributed by atoms with Gasteiger partial charge < -0.3 is 9.13 Å². The Bertz CT molecular complexity index is 68.1. The number of hydrogen-bond acceptors (Lipinski definition) is 2. The molecule has 0 amide bonds. The largest absolute Gasteiger partial charge is 0.307 e. The van der Waals surface area contributed by atoms with Gasteiger partial charge in [-0.15, -0.1) is 0 Å². The van der Waals surface area contributed by atoms with Crippen molar-refractivity contribution >= 4 is 9.84 Å². The fraction of sp³-hybridized carbons (Fsp3) is 1.00. The van der Waals surface area contributed by atoms with Crippen molar-refractivity contribution in [1.29, 1.82) is 0 Å². The molecule has 1 saturated heterocycles. The van der Waals surface area contributed by atoms with E-state index in [9.17, 15) is 0 Å². The average molecular weight is 130 g/mol. The lowest BCUT2D eigenvalue weighted by Gasteiger charge is -2.39. The molecular formula is C5H14N2Si. The van der Waals surface area contributed by atoms with Gasteiger partial charge in [-0.3, -0.25) is 0 Å². The van der Waals surface area contributed by atoms with Crippen molar-refractivity contribution < 1.29 is 0 Å². The second-order valence-electron chi connectivity index (χ2n) is 2.53. The first-order valence-corrected chi connectivity index (χ1v) is 4.50. The molecule has 0 saturated carbocycles. The van der Waals surface area contributed by atoms with Gasteiger partial charge in [0, 0.05) is 6.67 Å². The molecule has 1 fully saturated rings. The molecule has 1 aliphatic rings. The van der Waals surface area contributed by atoms with Crippen molar-refractivity contribution in [3.63, 3.8) is 0 Å². The maximum absolute atomic E-state index is 2.57. The summed E-state index contributed by atoms with van der Waals surface area (Å²) in [6.45, 7) is 4.81. The molecule has 1 aliphatic heterocycles. The van der Waals surface area contributed by atoms with Crippen LogP contribution in [-0.4, -0.2) is 39.2 Å². The third-order valence-corrected chi connectivity index (χ3v) is 3.02. The predicted molar refractivity (Wildman–Crippen MR) is 38.2 cm³/mol. The van der Waals surface area contributed by atoms with Gasteiger partial charge in [-0.1, -0.05) is 6.92 Å². The Morgan fingerprint density at radius 3 is 2.62 bits per heavy atom. The van der Waals surface area contributed by atoms with Crippen LogP contribution in [0, 0.1) is 0 Å². The van der Waals surface area contributed by atoms with Gasteiger partial charge in [0.1, 0.15) is 0 Å². The van der Waals surface area contributed by atoms with E-state index in [1.54, 1.807) is 0 Å². The van der Waals surface area contributed by atoms with E-state index < -0.39 is 0 Å². The van der Waals surface area contributed by atoms with Crippen LogP contribution >= 0.6 is 0 Å². The zero-order chi connectivity index (χ0) is 5.98. The lowest BCUT2D eigenvalue weighted by atomic mass is 10.5. The highest BCUT2D eigenvalue weighted by Gasteiger charge is 2.18. The van der Waals surface area contributed by atoms with Gasteiger partial charge >= 0.3 is 0 Å². The highest BCUT2D eigenvalue weighted by molar-refractivity contribution is 6.31. The fourth-order valence-electron chi connectivity index (χ4n) is 1.10. The first-order chi connectivity index (χ1) is 3.83. The molecule has 0 spiro atoms. The summed E-state index contributed by atoms with van der Waals surface area (Å²) in [5, 5.41) is 0. The summed E-state index contributed by atoms with van der Waals surface area (Å²) in [7, 11) is 2.31. The van der Waals surface area contributed by atoms with Crippen LogP contribution in [0.5, 0.6) is 0 Å². The molecule has 1 rings (SSSR count). The summed E-state index contributed by atoms with van der Waals surface area (Å²) < 4.78 is 5.01. The van der Waals surface area contributed by atoms with Crippen molar-refractivity contribution in [2.45, 2.75) is 13.3 Å². The topological polar surface area (TPSA) is 6.48 Å². The molecule has 0 N–H and O–H groups in total. The molecule has 0 unspecified atom stereocenters. The molecule has 2 nitrogen and oxygen atoms in total. The van der Waals surface area contributed by atoms with Crippen molar-refractivity contribution in [3.8, 4) is 0 Å². The van der Waals surface area contributed by atoms with Crippen LogP contribution in [0.3, 0.4) is 0 Å². The van der Waals surface area contributed by atoms with Gasteiger partial charge in [0.25, 0.3) is 0 Å². The molecule has 0 aromatic heterocycles. The van der Waals surface area contributed by atoms with E-state index in [-0.39, 0.29) is 9.84 Å². The fourth-order valence-corrected chi connectivity index (χ4v) is 2.64. The van der Waals surface area contributed by atoms with E-state index >= 15 is 0 Å². The zero-order valence-electron chi connectivity index (χ0n) is 5.72. The van der Waals surface area contributed by atoms with E-state index in [1.165, 1.54) is 19.6 Å². The Kier molecular flexibility index (Phi) is 2.05. The van der Waals surface area contributed by atoms with Crippen LogP contribution in [0.25, 0.3) is 0 Å². The molecule has 1 heterocycles. The normalized spacial score (nSPS) is 26.2.